The van der Waals surface area contributed by atoms with Gasteiger partial charge in [-0.3, -0.25) is 0 Å². The van der Waals surface area contributed by atoms with E-state index in [1.165, 1.54) is 0 Å². The van der Waals surface area contributed by atoms with Crippen LogP contribution in [0.4, 0.5) is 15.3 Å². The number of nitrogens with zero attached hydrogens (tertiary/aromatic N) is 1. The van der Waals surface area contributed by atoms with Crippen molar-refractivity contribution in [2.24, 2.45) is 5.73 Å². The number of amides is 4. The van der Waals surface area contributed by atoms with Gasteiger partial charge < -0.3 is 11.1 Å². The smallest absolute Gasteiger partial charge is 0.330 e. The van der Waals surface area contributed by atoms with E-state index in [0.29, 0.717) is 5.69 Å². The lowest BCUT2D eigenvalue weighted by atomic mass is 10.1. The van der Waals surface area contributed by atoms with Gasteiger partial charge in [0, 0.05) is 5.69 Å². The Kier molecular flexibility index (Phi) is 6.38. The van der Waals surface area contributed by atoms with Crippen LogP contribution in [0.2, 0.25) is 0 Å². The van der Waals surface area contributed by atoms with Gasteiger partial charge in [-0.2, -0.15) is 0 Å². The predicted octanol–water partition coefficient (Wildman–Crippen LogP) is 3.74. The number of hydrogen-bond donors (Lipinski definition) is 2. The summed E-state index contributed by atoms with van der Waals surface area (Å²) in [5.74, 6) is 0. The topological polar surface area (TPSA) is 75.4 Å². The van der Waals surface area contributed by atoms with Crippen molar-refractivity contribution in [3.8, 4) is 0 Å². The number of aryl methyl sites for hydroxylation is 2. The van der Waals surface area contributed by atoms with Crippen LogP contribution in [0.1, 0.15) is 25.0 Å². The van der Waals surface area contributed by atoms with E-state index in [1.54, 1.807) is 0 Å². The molecule has 0 aliphatic rings. The van der Waals surface area contributed by atoms with Crippen molar-refractivity contribution in [1.82, 2.24) is 4.90 Å². The minimum atomic E-state index is -0.786. The molecular weight excluding hydrogens is 278 g/mol. The number of nitrogens with two attached hydrogens (primary N) is 1. The molecule has 4 amide bonds. The lowest BCUT2D eigenvalue weighted by molar-refractivity contribution is 0.203. The van der Waals surface area contributed by atoms with Crippen LogP contribution in [0.3, 0.4) is 0 Å². The average Bonchev–Trinajstić information content (AvgIpc) is 2.41. The van der Waals surface area contributed by atoms with Crippen molar-refractivity contribution < 1.29 is 9.59 Å². The minimum absolute atomic E-state index is 0.132. The molecule has 3 N–H and O–H groups in total. The molecule has 0 heterocycles. The molecular formula is C17H23N3O2. The van der Waals surface area contributed by atoms with E-state index in [-0.39, 0.29) is 6.54 Å². The van der Waals surface area contributed by atoms with Gasteiger partial charge in [0.15, 0.2) is 0 Å². The van der Waals surface area contributed by atoms with E-state index in [2.05, 4.69) is 5.32 Å². The summed E-state index contributed by atoms with van der Waals surface area (Å²) in [6.45, 7) is 7.73. The minimum Gasteiger partial charge on any atom is -0.351 e. The maximum atomic E-state index is 12.3. The molecule has 0 radical (unpaired) electrons. The first-order valence-electron chi connectivity index (χ1n) is 7.11. The van der Waals surface area contributed by atoms with E-state index < -0.39 is 12.1 Å². The summed E-state index contributed by atoms with van der Waals surface area (Å²) < 4.78 is 0. The molecule has 0 atom stereocenters. The van der Waals surface area contributed by atoms with Gasteiger partial charge in [0.1, 0.15) is 0 Å². The monoisotopic (exact) mass is 301 g/mol. The first kappa shape index (κ1) is 17.5. The van der Waals surface area contributed by atoms with Gasteiger partial charge in [0.05, 0.1) is 6.54 Å². The highest BCUT2D eigenvalue weighted by Gasteiger charge is 2.19. The van der Waals surface area contributed by atoms with Crippen molar-refractivity contribution >= 4 is 17.7 Å². The molecule has 1 rings (SSSR count). The zero-order valence-corrected chi connectivity index (χ0v) is 13.5. The summed E-state index contributed by atoms with van der Waals surface area (Å²) in [5, 5.41) is 2.71. The lowest BCUT2D eigenvalue weighted by Crippen LogP contribution is -2.44. The number of benzene rings is 1. The first-order valence-corrected chi connectivity index (χ1v) is 7.11. The summed E-state index contributed by atoms with van der Waals surface area (Å²) >= 11 is 0. The Morgan fingerprint density at radius 3 is 2.23 bits per heavy atom. The highest BCUT2D eigenvalue weighted by molar-refractivity contribution is 6.00. The number of hydrogen-bond acceptors (Lipinski definition) is 2. The molecule has 0 aliphatic heterocycles. The normalized spacial score (nSPS) is 11.5. The van der Waals surface area contributed by atoms with Crippen LogP contribution in [0.25, 0.3) is 0 Å². The molecule has 22 heavy (non-hydrogen) atoms. The van der Waals surface area contributed by atoms with E-state index in [1.807, 2.05) is 64.1 Å². The predicted molar refractivity (Wildman–Crippen MR) is 89.8 cm³/mol. The summed E-state index contributed by atoms with van der Waals surface area (Å²) in [5.41, 5.74) is 8.86. The number of urea groups is 2. The summed E-state index contributed by atoms with van der Waals surface area (Å²) in [6.07, 6.45) is 5.51. The van der Waals surface area contributed by atoms with Gasteiger partial charge >= 0.3 is 12.1 Å². The SMILES string of the molecule is C/C=C\C(=C/C)CN(C(N)=O)C(=O)Nc1cc(C)cc(C)c1. The Hall–Kier alpha value is -2.56. The molecule has 1 aromatic rings. The summed E-state index contributed by atoms with van der Waals surface area (Å²) in [7, 11) is 0. The molecule has 0 saturated carbocycles. The highest BCUT2D eigenvalue weighted by atomic mass is 16.2. The van der Waals surface area contributed by atoms with Crippen LogP contribution < -0.4 is 11.1 Å². The van der Waals surface area contributed by atoms with Crippen molar-refractivity contribution in [2.75, 3.05) is 11.9 Å². The molecule has 0 aromatic heterocycles. The molecule has 5 heteroatoms. The molecule has 118 valence electrons. The largest absolute Gasteiger partial charge is 0.351 e. The van der Waals surface area contributed by atoms with Crippen LogP contribution in [-0.4, -0.2) is 23.5 Å². The molecule has 0 fully saturated rings. The third kappa shape index (κ3) is 5.09. The number of carbonyl (C=O) groups excluding carboxylic acids is 2. The molecule has 0 aliphatic carbocycles. The molecule has 0 saturated heterocycles. The standard InChI is InChI=1S/C17H23N3O2/c1-5-7-14(6-2)11-20(16(18)21)17(22)19-15-9-12(3)8-13(4)10-15/h5-10H,11H2,1-4H3,(H2,18,21)(H,19,22)/b7-5-,14-6+. The fourth-order valence-corrected chi connectivity index (χ4v) is 2.12. The van der Waals surface area contributed by atoms with Crippen molar-refractivity contribution in [3.63, 3.8) is 0 Å². The van der Waals surface area contributed by atoms with Crippen LogP contribution in [-0.2, 0) is 0 Å². The number of carbonyl (C=O) groups is 2. The number of imide groups is 1. The third-order valence-electron chi connectivity index (χ3n) is 3.08. The van der Waals surface area contributed by atoms with Crippen LogP contribution in [0.15, 0.2) is 42.0 Å². The Balaban J connectivity index is 2.92. The zero-order chi connectivity index (χ0) is 16.7. The molecule has 0 spiro atoms. The average molecular weight is 301 g/mol. The molecule has 0 unspecified atom stereocenters. The van der Waals surface area contributed by atoms with Crippen LogP contribution in [0, 0.1) is 13.8 Å². The second kappa shape index (κ2) is 8.02. The Bertz CT molecular complexity index is 598. The van der Waals surface area contributed by atoms with Crippen molar-refractivity contribution in [2.45, 2.75) is 27.7 Å². The van der Waals surface area contributed by atoms with E-state index >= 15 is 0 Å². The number of anilines is 1. The highest BCUT2D eigenvalue weighted by Crippen LogP contribution is 2.15. The zero-order valence-electron chi connectivity index (χ0n) is 13.5. The van der Waals surface area contributed by atoms with Gasteiger partial charge in [0.25, 0.3) is 0 Å². The van der Waals surface area contributed by atoms with Crippen LogP contribution >= 0.6 is 0 Å². The Morgan fingerprint density at radius 1 is 1.18 bits per heavy atom. The quantitative estimate of drug-likeness (QED) is 0.831. The fourth-order valence-electron chi connectivity index (χ4n) is 2.12. The number of allylic oxidation sites excluding steroid dienone is 2. The first-order chi connectivity index (χ1) is 10.4. The van der Waals surface area contributed by atoms with Crippen molar-refractivity contribution in [3.05, 3.63) is 53.1 Å². The van der Waals surface area contributed by atoms with E-state index in [0.717, 1.165) is 21.6 Å². The number of primary amides is 1. The Morgan fingerprint density at radius 2 is 1.77 bits per heavy atom. The maximum Gasteiger partial charge on any atom is 0.330 e. The number of rotatable bonds is 4. The molecule has 0 bridgehead atoms. The molecule has 1 aromatic carbocycles. The van der Waals surface area contributed by atoms with E-state index in [4.69, 9.17) is 5.73 Å². The lowest BCUT2D eigenvalue weighted by Gasteiger charge is -2.20. The third-order valence-corrected chi connectivity index (χ3v) is 3.08. The fraction of sp³-hybridized carbons (Fsp3) is 0.294. The van der Waals surface area contributed by atoms with Crippen LogP contribution in [0.5, 0.6) is 0 Å². The van der Waals surface area contributed by atoms with Gasteiger partial charge in [0.2, 0.25) is 0 Å². The summed E-state index contributed by atoms with van der Waals surface area (Å²) in [6, 6.07) is 4.36. The van der Waals surface area contributed by atoms with E-state index in [9.17, 15) is 9.59 Å². The maximum absolute atomic E-state index is 12.3. The summed E-state index contributed by atoms with van der Waals surface area (Å²) in [4.78, 5) is 24.8. The Labute approximate surface area is 131 Å². The van der Waals surface area contributed by atoms with Crippen molar-refractivity contribution in [1.29, 1.82) is 0 Å². The second-order valence-corrected chi connectivity index (χ2v) is 5.09. The van der Waals surface area contributed by atoms with Gasteiger partial charge in [-0.15, -0.1) is 0 Å². The second-order valence-electron chi connectivity index (χ2n) is 5.09. The van der Waals surface area contributed by atoms with Gasteiger partial charge in [-0.05, 0) is 56.5 Å². The van der Waals surface area contributed by atoms with Gasteiger partial charge in [-0.1, -0.05) is 24.3 Å². The number of nitrogens with one attached hydrogen (secondary N) is 1. The van der Waals surface area contributed by atoms with Gasteiger partial charge in [-0.25, -0.2) is 14.5 Å². The molecule has 5 nitrogen and oxygen atoms in total.